The van der Waals surface area contributed by atoms with Gasteiger partial charge in [0.05, 0.1) is 0 Å². The minimum Gasteiger partial charge on any atom is -0.478 e. The van der Waals surface area contributed by atoms with E-state index in [1.54, 1.807) is 6.08 Å². The molecule has 0 aliphatic heterocycles. The zero-order valence-electron chi connectivity index (χ0n) is 11.1. The molecule has 0 saturated heterocycles. The number of halogens is 1. The van der Waals surface area contributed by atoms with Gasteiger partial charge in [-0.1, -0.05) is 11.6 Å². The van der Waals surface area contributed by atoms with Gasteiger partial charge in [-0.3, -0.25) is 0 Å². The monoisotopic (exact) mass is 277 g/mol. The van der Waals surface area contributed by atoms with Crippen LogP contribution in [0.15, 0.2) is 30.3 Å². The average Bonchev–Trinajstić information content (AvgIpc) is 2.63. The Morgan fingerprint density at radius 1 is 1.32 bits per heavy atom. The quantitative estimate of drug-likeness (QED) is 0.838. The van der Waals surface area contributed by atoms with Gasteiger partial charge in [0.1, 0.15) is 0 Å². The third-order valence-electron chi connectivity index (χ3n) is 2.86. The highest BCUT2D eigenvalue weighted by Crippen LogP contribution is 2.30. The Hall–Kier alpha value is -1.74. The molecule has 0 fully saturated rings. The van der Waals surface area contributed by atoms with Crippen LogP contribution in [0.5, 0.6) is 0 Å². The predicted octanol–water partition coefficient (Wildman–Crippen LogP) is 4.15. The number of hydrogen-bond donors (Lipinski definition) is 1. The molecule has 0 radical (unpaired) electrons. The van der Waals surface area contributed by atoms with Gasteiger partial charge in [-0.2, -0.15) is 0 Å². The number of carboxylic acids is 1. The molecule has 0 unspecified atom stereocenters. The number of aliphatic carboxylic acids is 1. The Morgan fingerprint density at radius 3 is 2.58 bits per heavy atom. The van der Waals surface area contributed by atoms with Crippen molar-refractivity contribution in [1.29, 1.82) is 0 Å². The number of nitrogens with zero attached hydrogens (tertiary/aromatic N) is 1. The van der Waals surface area contributed by atoms with E-state index >= 15 is 0 Å². The minimum absolute atomic E-state index is 0.145. The van der Waals surface area contributed by atoms with Gasteiger partial charge in [-0.15, -0.1) is 0 Å². The Bertz CT molecular complexity index is 663. The Balaban J connectivity index is 2.71. The normalized spacial score (nSPS) is 12.4. The number of carboxylic acid groups (broad SMARTS) is 1. The van der Waals surface area contributed by atoms with Crippen LogP contribution in [0.25, 0.3) is 17.0 Å². The molecule has 3 nitrogen and oxygen atoms in total. The van der Waals surface area contributed by atoms with Gasteiger partial charge in [0, 0.05) is 33.2 Å². The molecular formula is C15H16ClNO2. The molecule has 1 N–H and O–H groups in total. The van der Waals surface area contributed by atoms with Crippen molar-refractivity contribution in [3.63, 3.8) is 0 Å². The molecule has 0 amide bonds. The number of hydrogen-bond acceptors (Lipinski definition) is 1. The van der Waals surface area contributed by atoms with Gasteiger partial charge in [0.2, 0.25) is 0 Å². The zero-order chi connectivity index (χ0) is 14.2. The minimum atomic E-state index is -0.955. The molecule has 0 aliphatic carbocycles. The van der Waals surface area contributed by atoms with E-state index in [2.05, 4.69) is 25.3 Å². The summed E-state index contributed by atoms with van der Waals surface area (Å²) in [7, 11) is 0. The smallest absolute Gasteiger partial charge is 0.328 e. The first-order valence-electron chi connectivity index (χ1n) is 6.01. The molecule has 0 bridgehead atoms. The van der Waals surface area contributed by atoms with Gasteiger partial charge >= 0.3 is 5.97 Å². The zero-order valence-corrected chi connectivity index (χ0v) is 11.9. The molecule has 19 heavy (non-hydrogen) atoms. The van der Waals surface area contributed by atoms with E-state index in [-0.39, 0.29) is 5.54 Å². The second-order valence-electron chi connectivity index (χ2n) is 5.45. The summed E-state index contributed by atoms with van der Waals surface area (Å²) in [6, 6.07) is 7.64. The third-order valence-corrected chi connectivity index (χ3v) is 3.09. The lowest BCUT2D eigenvalue weighted by atomic mass is 10.1. The lowest BCUT2D eigenvalue weighted by Crippen LogP contribution is -2.22. The SMILES string of the molecule is CC(C)(C)n1c(/C=C/C(=O)O)cc2cc(Cl)ccc21. The third kappa shape index (κ3) is 2.82. The van der Waals surface area contributed by atoms with Gasteiger partial charge in [-0.05, 0) is 51.1 Å². The van der Waals surface area contributed by atoms with Crippen molar-refractivity contribution in [3.8, 4) is 0 Å². The van der Waals surface area contributed by atoms with Crippen LogP contribution in [-0.2, 0) is 10.3 Å². The van der Waals surface area contributed by atoms with Crippen LogP contribution >= 0.6 is 11.6 Å². The molecule has 4 heteroatoms. The Morgan fingerprint density at radius 2 is 2.00 bits per heavy atom. The van der Waals surface area contributed by atoms with E-state index < -0.39 is 5.97 Å². The van der Waals surface area contributed by atoms with Crippen LogP contribution < -0.4 is 0 Å². The lowest BCUT2D eigenvalue weighted by Gasteiger charge is -2.25. The molecular weight excluding hydrogens is 262 g/mol. The summed E-state index contributed by atoms with van der Waals surface area (Å²) in [4.78, 5) is 10.7. The summed E-state index contributed by atoms with van der Waals surface area (Å²) in [6.45, 7) is 6.25. The van der Waals surface area contributed by atoms with Gasteiger partial charge in [0.25, 0.3) is 0 Å². The first-order chi connectivity index (χ1) is 8.79. The number of carbonyl (C=O) groups is 1. The van der Waals surface area contributed by atoms with Crippen LogP contribution in [0.1, 0.15) is 26.5 Å². The lowest BCUT2D eigenvalue weighted by molar-refractivity contribution is -0.131. The number of rotatable bonds is 2. The summed E-state index contributed by atoms with van der Waals surface area (Å²) >= 11 is 6.00. The van der Waals surface area contributed by atoms with Crippen molar-refractivity contribution in [2.24, 2.45) is 0 Å². The standard InChI is InChI=1S/C15H16ClNO2/c1-15(2,3)17-12(5-7-14(18)19)9-10-8-11(16)4-6-13(10)17/h4-9H,1-3H3,(H,18,19)/b7-5+. The van der Waals surface area contributed by atoms with Crippen molar-refractivity contribution >= 4 is 34.5 Å². The maximum absolute atomic E-state index is 10.7. The van der Waals surface area contributed by atoms with Gasteiger partial charge in [0.15, 0.2) is 0 Å². The average molecular weight is 278 g/mol. The van der Waals surface area contributed by atoms with Crippen molar-refractivity contribution in [1.82, 2.24) is 4.57 Å². The van der Waals surface area contributed by atoms with Crippen LogP contribution in [-0.4, -0.2) is 15.6 Å². The molecule has 1 aromatic carbocycles. The molecule has 2 rings (SSSR count). The molecule has 0 atom stereocenters. The van der Waals surface area contributed by atoms with E-state index in [0.29, 0.717) is 5.02 Å². The largest absolute Gasteiger partial charge is 0.478 e. The fourth-order valence-corrected chi connectivity index (χ4v) is 2.42. The van der Waals surface area contributed by atoms with E-state index in [0.717, 1.165) is 22.7 Å². The Kier molecular flexibility index (Phi) is 3.42. The number of fused-ring (bicyclic) bond motifs is 1. The number of benzene rings is 1. The summed E-state index contributed by atoms with van der Waals surface area (Å²) in [5.41, 5.74) is 1.75. The van der Waals surface area contributed by atoms with E-state index in [9.17, 15) is 4.79 Å². The molecule has 2 aromatic rings. The van der Waals surface area contributed by atoms with E-state index in [1.165, 1.54) is 0 Å². The maximum atomic E-state index is 10.7. The highest BCUT2D eigenvalue weighted by molar-refractivity contribution is 6.31. The molecule has 0 saturated carbocycles. The van der Waals surface area contributed by atoms with Gasteiger partial charge < -0.3 is 9.67 Å². The van der Waals surface area contributed by atoms with Gasteiger partial charge in [-0.25, -0.2) is 4.79 Å². The molecule has 1 heterocycles. The maximum Gasteiger partial charge on any atom is 0.328 e. The molecule has 0 aliphatic rings. The molecule has 0 spiro atoms. The summed E-state index contributed by atoms with van der Waals surface area (Å²) in [6.07, 6.45) is 2.76. The van der Waals surface area contributed by atoms with Crippen LogP contribution in [0.3, 0.4) is 0 Å². The number of aromatic nitrogens is 1. The summed E-state index contributed by atoms with van der Waals surface area (Å²) < 4.78 is 2.11. The van der Waals surface area contributed by atoms with Crippen LogP contribution in [0.2, 0.25) is 5.02 Å². The highest BCUT2D eigenvalue weighted by atomic mass is 35.5. The highest BCUT2D eigenvalue weighted by Gasteiger charge is 2.19. The fourth-order valence-electron chi connectivity index (χ4n) is 2.24. The van der Waals surface area contributed by atoms with Crippen LogP contribution in [0.4, 0.5) is 0 Å². The Labute approximate surface area is 117 Å². The molecule has 100 valence electrons. The summed E-state index contributed by atoms with van der Waals surface area (Å²) in [5, 5.41) is 10.5. The molecule has 1 aromatic heterocycles. The van der Waals surface area contributed by atoms with Crippen LogP contribution in [0, 0.1) is 0 Å². The van der Waals surface area contributed by atoms with Crippen molar-refractivity contribution < 1.29 is 9.90 Å². The summed E-state index contributed by atoms with van der Waals surface area (Å²) in [5.74, 6) is -0.955. The fraction of sp³-hybridized carbons (Fsp3) is 0.267. The second-order valence-corrected chi connectivity index (χ2v) is 5.89. The topological polar surface area (TPSA) is 42.2 Å². The second kappa shape index (κ2) is 4.74. The van der Waals surface area contributed by atoms with Crippen molar-refractivity contribution in [3.05, 3.63) is 41.1 Å². The first kappa shape index (κ1) is 13.7. The van der Waals surface area contributed by atoms with Crippen molar-refractivity contribution in [2.45, 2.75) is 26.3 Å². The predicted molar refractivity (Wildman–Crippen MR) is 78.6 cm³/mol. The van der Waals surface area contributed by atoms with E-state index in [1.807, 2.05) is 24.3 Å². The van der Waals surface area contributed by atoms with Crippen molar-refractivity contribution in [2.75, 3.05) is 0 Å². The van der Waals surface area contributed by atoms with E-state index in [4.69, 9.17) is 16.7 Å². The first-order valence-corrected chi connectivity index (χ1v) is 6.39.